The zero-order chi connectivity index (χ0) is 26.3. The van der Waals surface area contributed by atoms with E-state index in [4.69, 9.17) is 10.5 Å². The number of rotatable bonds is 6. The number of benzene rings is 1. The summed E-state index contributed by atoms with van der Waals surface area (Å²) in [5.74, 6) is 0.311. The van der Waals surface area contributed by atoms with Gasteiger partial charge in [0.05, 0.1) is 25.9 Å². The van der Waals surface area contributed by atoms with Crippen LogP contribution >= 0.6 is 0 Å². The van der Waals surface area contributed by atoms with Gasteiger partial charge >= 0.3 is 0 Å². The van der Waals surface area contributed by atoms with Crippen LogP contribution < -0.4 is 16.0 Å². The second kappa shape index (κ2) is 9.28. The number of pyridine rings is 1. The minimum Gasteiger partial charge on any atom is -0.494 e. The third kappa shape index (κ3) is 4.62. The second-order valence-corrected chi connectivity index (χ2v) is 9.59. The van der Waals surface area contributed by atoms with Gasteiger partial charge in [-0.3, -0.25) is 9.59 Å². The number of carbonyl (C=O) groups excluding carboxylic acids is 1. The van der Waals surface area contributed by atoms with Gasteiger partial charge in [0.25, 0.3) is 11.5 Å². The van der Waals surface area contributed by atoms with Gasteiger partial charge in [0.15, 0.2) is 0 Å². The molecule has 4 heterocycles. The molecular weight excluding hydrogens is 476 g/mol. The SMILES string of the molecule is COc1cccc2c(-c3cn(Cc4cccn([C@@H]5CCN(C(=O)C(C)(C)O)C5)c4=O)nn3)nc(N)nc12. The van der Waals surface area contributed by atoms with Crippen LogP contribution in [0.2, 0.25) is 0 Å². The molecule has 37 heavy (non-hydrogen) atoms. The molecular formula is C25H28N8O4. The number of amides is 1. The average molecular weight is 505 g/mol. The van der Waals surface area contributed by atoms with Gasteiger partial charge < -0.3 is 25.0 Å². The predicted octanol–water partition coefficient (Wildman–Crippen LogP) is 1.23. The number of methoxy groups -OCH3 is 1. The number of nitrogen functional groups attached to an aromatic ring is 1. The van der Waals surface area contributed by atoms with E-state index in [0.717, 1.165) is 0 Å². The molecule has 1 atom stereocenters. The van der Waals surface area contributed by atoms with E-state index < -0.39 is 5.60 Å². The lowest BCUT2D eigenvalue weighted by molar-refractivity contribution is -0.146. The Hall–Kier alpha value is -4.32. The van der Waals surface area contributed by atoms with E-state index in [2.05, 4.69) is 20.3 Å². The molecule has 3 aromatic heterocycles. The number of aromatic nitrogens is 6. The number of para-hydroxylation sites is 1. The summed E-state index contributed by atoms with van der Waals surface area (Å²) >= 11 is 0. The molecule has 1 aromatic carbocycles. The van der Waals surface area contributed by atoms with Crippen molar-refractivity contribution in [2.24, 2.45) is 0 Å². The molecule has 0 unspecified atom stereocenters. The number of nitrogens with zero attached hydrogens (tertiary/aromatic N) is 7. The molecule has 3 N–H and O–H groups in total. The summed E-state index contributed by atoms with van der Waals surface area (Å²) in [7, 11) is 1.56. The quantitative estimate of drug-likeness (QED) is 0.394. The van der Waals surface area contributed by atoms with Crippen LogP contribution in [0.5, 0.6) is 5.75 Å². The van der Waals surface area contributed by atoms with Crippen LogP contribution in [0, 0.1) is 0 Å². The highest BCUT2D eigenvalue weighted by atomic mass is 16.5. The Labute approximate surface area is 212 Å². The summed E-state index contributed by atoms with van der Waals surface area (Å²) in [5, 5.41) is 19.2. The first-order valence-corrected chi connectivity index (χ1v) is 11.9. The number of ether oxygens (including phenoxy) is 1. The number of fused-ring (bicyclic) bond motifs is 1. The third-order valence-corrected chi connectivity index (χ3v) is 6.46. The fourth-order valence-corrected chi connectivity index (χ4v) is 4.67. The maximum atomic E-state index is 13.3. The number of hydrogen-bond donors (Lipinski definition) is 2. The minimum atomic E-state index is -1.45. The maximum Gasteiger partial charge on any atom is 0.255 e. The van der Waals surface area contributed by atoms with Crippen LogP contribution in [0.15, 0.2) is 47.5 Å². The highest BCUT2D eigenvalue weighted by Crippen LogP contribution is 2.30. The molecule has 1 aliphatic heterocycles. The van der Waals surface area contributed by atoms with E-state index >= 15 is 0 Å². The van der Waals surface area contributed by atoms with Crippen molar-refractivity contribution in [3.05, 3.63) is 58.6 Å². The fraction of sp³-hybridized carbons (Fsp3) is 0.360. The smallest absolute Gasteiger partial charge is 0.255 e. The molecule has 0 radical (unpaired) electrons. The van der Waals surface area contributed by atoms with Crippen LogP contribution in [0.3, 0.4) is 0 Å². The Bertz CT molecular complexity index is 1540. The van der Waals surface area contributed by atoms with Gasteiger partial charge in [0, 0.05) is 30.2 Å². The van der Waals surface area contributed by atoms with E-state index in [1.54, 1.807) is 51.9 Å². The highest BCUT2D eigenvalue weighted by Gasteiger charge is 2.35. The molecule has 4 aromatic rings. The van der Waals surface area contributed by atoms with E-state index in [9.17, 15) is 14.7 Å². The zero-order valence-electron chi connectivity index (χ0n) is 20.8. The van der Waals surface area contributed by atoms with Crippen molar-refractivity contribution >= 4 is 22.8 Å². The molecule has 12 heteroatoms. The third-order valence-electron chi connectivity index (χ3n) is 6.46. The number of likely N-dealkylation sites (tertiary alicyclic amines) is 1. The average Bonchev–Trinajstić information content (AvgIpc) is 3.53. The lowest BCUT2D eigenvalue weighted by Crippen LogP contribution is -2.44. The van der Waals surface area contributed by atoms with E-state index in [1.807, 2.05) is 12.1 Å². The van der Waals surface area contributed by atoms with Crippen LogP contribution in [-0.4, -0.2) is 71.2 Å². The Kier molecular flexibility index (Phi) is 6.12. The molecule has 1 saturated heterocycles. The summed E-state index contributed by atoms with van der Waals surface area (Å²) in [4.78, 5) is 36.0. The van der Waals surface area contributed by atoms with Gasteiger partial charge in [-0.2, -0.15) is 0 Å². The summed E-state index contributed by atoms with van der Waals surface area (Å²) in [6.07, 6.45) is 4.06. The van der Waals surface area contributed by atoms with Crippen molar-refractivity contribution in [3.8, 4) is 17.1 Å². The number of anilines is 1. The lowest BCUT2D eigenvalue weighted by atomic mass is 10.1. The monoisotopic (exact) mass is 504 g/mol. The summed E-state index contributed by atoms with van der Waals surface area (Å²) in [5.41, 5.74) is 6.44. The molecule has 0 aliphatic carbocycles. The van der Waals surface area contributed by atoms with Gasteiger partial charge in [-0.25, -0.2) is 14.6 Å². The van der Waals surface area contributed by atoms with E-state index in [0.29, 0.717) is 53.1 Å². The van der Waals surface area contributed by atoms with E-state index in [-0.39, 0.29) is 30.0 Å². The topological polar surface area (TPSA) is 154 Å². The molecule has 1 fully saturated rings. The van der Waals surface area contributed by atoms with Crippen molar-refractivity contribution in [1.82, 2.24) is 34.4 Å². The largest absolute Gasteiger partial charge is 0.494 e. The first kappa shape index (κ1) is 24.4. The molecule has 192 valence electrons. The lowest BCUT2D eigenvalue weighted by Gasteiger charge is -2.24. The predicted molar refractivity (Wildman–Crippen MR) is 136 cm³/mol. The Morgan fingerprint density at radius 1 is 1.24 bits per heavy atom. The molecule has 0 bridgehead atoms. The fourth-order valence-electron chi connectivity index (χ4n) is 4.67. The first-order valence-electron chi connectivity index (χ1n) is 11.9. The van der Waals surface area contributed by atoms with Gasteiger partial charge in [-0.1, -0.05) is 23.4 Å². The summed E-state index contributed by atoms with van der Waals surface area (Å²) < 4.78 is 8.62. The van der Waals surface area contributed by atoms with Crippen molar-refractivity contribution in [1.29, 1.82) is 0 Å². The van der Waals surface area contributed by atoms with Crippen LogP contribution in [0.1, 0.15) is 31.9 Å². The number of carbonyl (C=O) groups is 1. The van der Waals surface area contributed by atoms with Crippen LogP contribution in [0.25, 0.3) is 22.3 Å². The summed E-state index contributed by atoms with van der Waals surface area (Å²) in [6, 6.07) is 8.86. The van der Waals surface area contributed by atoms with E-state index in [1.165, 1.54) is 13.8 Å². The van der Waals surface area contributed by atoms with Gasteiger partial charge in [-0.05, 0) is 32.4 Å². The number of nitrogens with two attached hydrogens (primary N) is 1. The second-order valence-electron chi connectivity index (χ2n) is 9.59. The highest BCUT2D eigenvalue weighted by molar-refractivity contribution is 5.95. The Morgan fingerprint density at radius 3 is 2.81 bits per heavy atom. The Balaban J connectivity index is 1.40. The van der Waals surface area contributed by atoms with Crippen LogP contribution in [0.4, 0.5) is 5.95 Å². The number of hydrogen-bond acceptors (Lipinski definition) is 9. The molecule has 12 nitrogen and oxygen atoms in total. The molecule has 0 saturated carbocycles. The van der Waals surface area contributed by atoms with Gasteiger partial charge in [0.2, 0.25) is 5.95 Å². The number of aliphatic hydroxyl groups is 1. The minimum absolute atomic E-state index is 0.0844. The molecule has 5 rings (SSSR count). The van der Waals surface area contributed by atoms with Gasteiger partial charge in [-0.15, -0.1) is 5.10 Å². The van der Waals surface area contributed by atoms with Crippen molar-refractivity contribution in [2.45, 2.75) is 38.5 Å². The van der Waals surface area contributed by atoms with Crippen molar-refractivity contribution in [2.75, 3.05) is 25.9 Å². The van der Waals surface area contributed by atoms with Crippen LogP contribution in [-0.2, 0) is 11.3 Å². The summed E-state index contributed by atoms with van der Waals surface area (Å²) in [6.45, 7) is 3.99. The normalized spacial score (nSPS) is 15.9. The molecule has 0 spiro atoms. The molecule has 1 amide bonds. The van der Waals surface area contributed by atoms with Crippen molar-refractivity contribution < 1.29 is 14.6 Å². The maximum absolute atomic E-state index is 13.3. The first-order chi connectivity index (χ1) is 17.7. The standard InChI is InChI=1S/C25H28N8O4/c1-25(2,36)23(35)31-11-9-16(13-31)33-10-5-6-15(22(33)34)12-32-14-18(29-30-32)20-17-7-4-8-19(37-3)21(17)28-24(26)27-20/h4-8,10,14,16,36H,9,11-13H2,1-3H3,(H2,26,27,28)/t16-/m1/s1. The zero-order valence-corrected chi connectivity index (χ0v) is 20.8. The van der Waals surface area contributed by atoms with Crippen molar-refractivity contribution in [3.63, 3.8) is 0 Å². The molecule has 1 aliphatic rings. The Morgan fingerprint density at radius 2 is 2.05 bits per heavy atom. The van der Waals surface area contributed by atoms with Gasteiger partial charge in [0.1, 0.15) is 28.3 Å².